The van der Waals surface area contributed by atoms with E-state index in [1.165, 1.54) is 18.4 Å². The smallest absolute Gasteiger partial charge is 0.268 e. The van der Waals surface area contributed by atoms with Crippen LogP contribution in [-0.2, 0) is 16.4 Å². The minimum atomic E-state index is -3.65. The van der Waals surface area contributed by atoms with E-state index in [0.717, 1.165) is 41.5 Å². The molecule has 0 spiro atoms. The zero-order valence-corrected chi connectivity index (χ0v) is 17.2. The molecule has 0 amide bonds. The summed E-state index contributed by atoms with van der Waals surface area (Å²) in [5, 5.41) is 4.78. The number of benzene rings is 2. The van der Waals surface area contributed by atoms with Crippen molar-refractivity contribution in [3.05, 3.63) is 65.4 Å². The second kappa shape index (κ2) is 6.19. The van der Waals surface area contributed by atoms with Gasteiger partial charge in [-0.15, -0.1) is 0 Å². The first-order valence-electron chi connectivity index (χ1n) is 10.1. The van der Waals surface area contributed by atoms with E-state index in [1.54, 1.807) is 16.1 Å². The van der Waals surface area contributed by atoms with Crippen molar-refractivity contribution in [2.75, 3.05) is 6.54 Å². The molecule has 1 aliphatic carbocycles. The highest BCUT2D eigenvalue weighted by Gasteiger charge is 2.44. The van der Waals surface area contributed by atoms with Crippen LogP contribution in [0.1, 0.15) is 49.0 Å². The van der Waals surface area contributed by atoms with Crippen LogP contribution in [0.3, 0.4) is 0 Å². The van der Waals surface area contributed by atoms with Gasteiger partial charge in [-0.1, -0.05) is 42.8 Å². The number of piperidine rings is 1. The Labute approximate surface area is 166 Å². The molecule has 1 fully saturated rings. The first kappa shape index (κ1) is 18.0. The van der Waals surface area contributed by atoms with Crippen molar-refractivity contribution in [1.82, 2.24) is 9.29 Å². The summed E-state index contributed by atoms with van der Waals surface area (Å²) in [4.78, 5) is 0.353. The van der Waals surface area contributed by atoms with Crippen molar-refractivity contribution in [2.45, 2.75) is 50.5 Å². The number of nitrogens with one attached hydrogen (secondary N) is 1. The lowest BCUT2D eigenvalue weighted by Crippen LogP contribution is -2.44. The van der Waals surface area contributed by atoms with Gasteiger partial charge in [-0.2, -0.15) is 0 Å². The summed E-state index contributed by atoms with van der Waals surface area (Å²) in [6.45, 7) is 5.32. The number of nitrogens with zero attached hydrogens (tertiary/aromatic N) is 1. The molecule has 2 atom stereocenters. The van der Waals surface area contributed by atoms with Gasteiger partial charge in [0.25, 0.3) is 10.0 Å². The van der Waals surface area contributed by atoms with Crippen molar-refractivity contribution in [3.63, 3.8) is 0 Å². The number of rotatable bonds is 2. The number of hydrogen-bond donors (Lipinski definition) is 1. The van der Waals surface area contributed by atoms with Gasteiger partial charge in [0.05, 0.1) is 10.4 Å². The molecule has 3 aromatic rings. The third-order valence-corrected chi connectivity index (χ3v) is 8.49. The first-order valence-corrected chi connectivity index (χ1v) is 11.5. The maximum absolute atomic E-state index is 13.7. The van der Waals surface area contributed by atoms with Gasteiger partial charge >= 0.3 is 0 Å². The van der Waals surface area contributed by atoms with Crippen LogP contribution in [0.25, 0.3) is 10.9 Å². The molecule has 1 saturated heterocycles. The standard InChI is InChI=1S/C23H26N2O2S/c1-16-8-10-17(11-9-16)28(26,27)25-19-7-4-3-6-18(19)21-20(25)12-14-23(2)13-5-15-24-22(21)23/h3-4,6-11,22,24H,5,12-15H2,1-2H3/t22-,23-/m1/s1. The molecule has 4 nitrogen and oxygen atoms in total. The molecule has 5 heteroatoms. The maximum Gasteiger partial charge on any atom is 0.268 e. The Kier molecular flexibility index (Phi) is 3.97. The van der Waals surface area contributed by atoms with Crippen LogP contribution in [-0.4, -0.2) is 18.9 Å². The Morgan fingerprint density at radius 2 is 1.82 bits per heavy atom. The molecule has 146 valence electrons. The number of hydrogen-bond acceptors (Lipinski definition) is 3. The fourth-order valence-electron chi connectivity index (χ4n) is 5.19. The normalized spacial score (nSPS) is 24.7. The molecule has 5 rings (SSSR count). The SMILES string of the molecule is Cc1ccc(S(=O)(=O)n2c3c(c4ccccc42)[C@H]2NCCC[C@]2(C)CC3)cc1. The Morgan fingerprint density at radius 3 is 2.61 bits per heavy atom. The van der Waals surface area contributed by atoms with Crippen molar-refractivity contribution in [3.8, 4) is 0 Å². The van der Waals surface area contributed by atoms with Crippen LogP contribution >= 0.6 is 0 Å². The monoisotopic (exact) mass is 394 g/mol. The third-order valence-electron chi connectivity index (χ3n) is 6.72. The molecule has 2 aliphatic rings. The summed E-state index contributed by atoms with van der Waals surface area (Å²) < 4.78 is 29.0. The van der Waals surface area contributed by atoms with Crippen molar-refractivity contribution in [1.29, 1.82) is 0 Å². The largest absolute Gasteiger partial charge is 0.309 e. The topological polar surface area (TPSA) is 51.1 Å². The molecule has 0 bridgehead atoms. The van der Waals surface area contributed by atoms with E-state index in [2.05, 4.69) is 18.3 Å². The Bertz CT molecular complexity index is 1160. The minimum absolute atomic E-state index is 0.188. The average molecular weight is 395 g/mol. The summed E-state index contributed by atoms with van der Waals surface area (Å²) in [6, 6.07) is 15.4. The molecular weight excluding hydrogens is 368 g/mol. The summed E-state index contributed by atoms with van der Waals surface area (Å²) in [7, 11) is -3.65. The molecular formula is C23H26N2O2S. The molecule has 28 heavy (non-hydrogen) atoms. The molecule has 2 heterocycles. The Hall–Kier alpha value is -2.11. The van der Waals surface area contributed by atoms with Gasteiger partial charge in [0, 0.05) is 17.1 Å². The summed E-state index contributed by atoms with van der Waals surface area (Å²) in [5.74, 6) is 0. The Morgan fingerprint density at radius 1 is 1.07 bits per heavy atom. The number of para-hydroxylation sites is 1. The van der Waals surface area contributed by atoms with Crippen LogP contribution in [0, 0.1) is 12.3 Å². The van der Waals surface area contributed by atoms with Crippen molar-refractivity contribution >= 4 is 20.9 Å². The summed E-state index contributed by atoms with van der Waals surface area (Å²) >= 11 is 0. The highest BCUT2D eigenvalue weighted by Crippen LogP contribution is 2.51. The third kappa shape index (κ3) is 2.49. The molecule has 0 radical (unpaired) electrons. The first-order chi connectivity index (χ1) is 13.4. The van der Waals surface area contributed by atoms with Crippen LogP contribution in [0.2, 0.25) is 0 Å². The van der Waals surface area contributed by atoms with E-state index in [9.17, 15) is 8.42 Å². The minimum Gasteiger partial charge on any atom is -0.309 e. The van der Waals surface area contributed by atoms with Gasteiger partial charge < -0.3 is 5.32 Å². The van der Waals surface area contributed by atoms with Crippen LogP contribution < -0.4 is 5.32 Å². The zero-order chi connectivity index (χ0) is 19.5. The number of aryl methyl sites for hydroxylation is 1. The highest BCUT2D eigenvalue weighted by atomic mass is 32.2. The molecule has 1 aliphatic heterocycles. The summed E-state index contributed by atoms with van der Waals surface area (Å²) in [5.41, 5.74) is 4.19. The van der Waals surface area contributed by atoms with Gasteiger partial charge in [-0.25, -0.2) is 12.4 Å². The average Bonchev–Trinajstić information content (AvgIpc) is 3.03. The molecule has 1 N–H and O–H groups in total. The van der Waals surface area contributed by atoms with Crippen LogP contribution in [0.15, 0.2) is 53.4 Å². The van der Waals surface area contributed by atoms with E-state index in [0.29, 0.717) is 4.90 Å². The molecule has 0 unspecified atom stereocenters. The van der Waals surface area contributed by atoms with Gasteiger partial charge in [-0.05, 0) is 68.3 Å². The maximum atomic E-state index is 13.7. The predicted octanol–water partition coefficient (Wildman–Crippen LogP) is 4.56. The van der Waals surface area contributed by atoms with E-state index in [-0.39, 0.29) is 11.5 Å². The second-order valence-corrected chi connectivity index (χ2v) is 10.4. The Balaban J connectivity index is 1.79. The lowest BCUT2D eigenvalue weighted by Gasteiger charge is -2.46. The second-order valence-electron chi connectivity index (χ2n) is 8.60. The van der Waals surface area contributed by atoms with Crippen LogP contribution in [0.5, 0.6) is 0 Å². The molecule has 2 aromatic carbocycles. The van der Waals surface area contributed by atoms with Crippen molar-refractivity contribution < 1.29 is 8.42 Å². The van der Waals surface area contributed by atoms with E-state index in [4.69, 9.17) is 0 Å². The number of aromatic nitrogens is 1. The lowest BCUT2D eigenvalue weighted by atomic mass is 9.66. The van der Waals surface area contributed by atoms with Gasteiger partial charge in [0.1, 0.15) is 0 Å². The van der Waals surface area contributed by atoms with Crippen molar-refractivity contribution in [2.24, 2.45) is 5.41 Å². The van der Waals surface area contributed by atoms with E-state index < -0.39 is 10.0 Å². The van der Waals surface area contributed by atoms with E-state index >= 15 is 0 Å². The lowest BCUT2D eigenvalue weighted by molar-refractivity contribution is 0.132. The van der Waals surface area contributed by atoms with Gasteiger partial charge in [-0.3, -0.25) is 0 Å². The zero-order valence-electron chi connectivity index (χ0n) is 16.4. The fourth-order valence-corrected chi connectivity index (χ4v) is 6.78. The van der Waals surface area contributed by atoms with E-state index in [1.807, 2.05) is 37.3 Å². The number of fused-ring (bicyclic) bond motifs is 5. The van der Waals surface area contributed by atoms with Gasteiger partial charge in [0.2, 0.25) is 0 Å². The highest BCUT2D eigenvalue weighted by molar-refractivity contribution is 7.90. The molecule has 0 saturated carbocycles. The summed E-state index contributed by atoms with van der Waals surface area (Å²) in [6.07, 6.45) is 4.18. The van der Waals surface area contributed by atoms with Crippen LogP contribution in [0.4, 0.5) is 0 Å². The predicted molar refractivity (Wildman–Crippen MR) is 112 cm³/mol. The molecule has 1 aromatic heterocycles. The fraction of sp³-hybridized carbons (Fsp3) is 0.391. The quantitative estimate of drug-likeness (QED) is 0.693. The van der Waals surface area contributed by atoms with Gasteiger partial charge in [0.15, 0.2) is 0 Å².